The van der Waals surface area contributed by atoms with Gasteiger partial charge in [-0.1, -0.05) is 0 Å². The monoisotopic (exact) mass is 358 g/mol. The van der Waals surface area contributed by atoms with Gasteiger partial charge in [-0.3, -0.25) is 10.1 Å². The molecular formula is C18H22N4O4. The molecule has 3 N–H and O–H groups in total. The summed E-state index contributed by atoms with van der Waals surface area (Å²) in [5.41, 5.74) is 2.34. The van der Waals surface area contributed by atoms with Crippen LogP contribution in [0.4, 0.5) is 10.5 Å². The SMILES string of the molecule is O=C(NN=Cc1cc([N+](=O)[O-])ccc1O)NC12CC3CC(CC(C3)C1)C2. The molecule has 1 aromatic carbocycles. The third-order valence-corrected chi connectivity index (χ3v) is 6.01. The van der Waals surface area contributed by atoms with Gasteiger partial charge in [0.05, 0.1) is 11.1 Å². The zero-order chi connectivity index (χ0) is 18.3. The third-order valence-electron chi connectivity index (χ3n) is 6.01. The third kappa shape index (κ3) is 3.23. The first kappa shape index (κ1) is 16.8. The summed E-state index contributed by atoms with van der Waals surface area (Å²) in [4.78, 5) is 22.5. The lowest BCUT2D eigenvalue weighted by molar-refractivity contribution is -0.384. The van der Waals surface area contributed by atoms with Gasteiger partial charge in [0.25, 0.3) is 5.69 Å². The van der Waals surface area contributed by atoms with Gasteiger partial charge in [-0.25, -0.2) is 10.2 Å². The largest absolute Gasteiger partial charge is 0.507 e. The Hall–Kier alpha value is -2.64. The van der Waals surface area contributed by atoms with Crippen LogP contribution in [0, 0.1) is 27.9 Å². The standard InChI is InChI=1S/C18H22N4O4/c23-16-2-1-15(22(25)26)6-14(16)10-19-21-17(24)20-18-7-11-3-12(8-18)5-13(4-11)9-18/h1-2,6,10-13,23H,3-5,7-9H2,(H2,20,21,24). The van der Waals surface area contributed by atoms with Crippen LogP contribution in [0.25, 0.3) is 0 Å². The second-order valence-electron chi connectivity index (χ2n) is 8.02. The number of phenolic OH excluding ortho intramolecular Hbond substituents is 1. The average Bonchev–Trinajstić information content (AvgIpc) is 2.54. The number of nitro groups is 1. The molecule has 4 fully saturated rings. The van der Waals surface area contributed by atoms with Crippen molar-refractivity contribution in [2.75, 3.05) is 0 Å². The zero-order valence-corrected chi connectivity index (χ0v) is 14.4. The molecule has 0 atom stereocenters. The van der Waals surface area contributed by atoms with Crippen LogP contribution in [0.1, 0.15) is 44.1 Å². The molecule has 4 saturated carbocycles. The number of carbonyl (C=O) groups excluding carboxylic acids is 1. The number of amides is 2. The number of hydrogen-bond donors (Lipinski definition) is 3. The van der Waals surface area contributed by atoms with E-state index in [9.17, 15) is 20.0 Å². The van der Waals surface area contributed by atoms with Crippen LogP contribution in [0.15, 0.2) is 23.3 Å². The first-order valence-corrected chi connectivity index (χ1v) is 9.01. The highest BCUT2D eigenvalue weighted by atomic mass is 16.6. The molecule has 0 aromatic heterocycles. The van der Waals surface area contributed by atoms with Crippen molar-refractivity contribution in [3.8, 4) is 5.75 Å². The second-order valence-corrected chi connectivity index (χ2v) is 8.02. The van der Waals surface area contributed by atoms with Crippen LogP contribution in [-0.2, 0) is 0 Å². The van der Waals surface area contributed by atoms with Crippen LogP contribution in [0.3, 0.4) is 0 Å². The van der Waals surface area contributed by atoms with Crippen molar-refractivity contribution in [3.63, 3.8) is 0 Å². The summed E-state index contributed by atoms with van der Waals surface area (Å²) in [6.07, 6.45) is 8.24. The average molecular weight is 358 g/mol. The van der Waals surface area contributed by atoms with Crippen molar-refractivity contribution in [1.82, 2.24) is 10.7 Å². The minimum absolute atomic E-state index is 0.109. The summed E-state index contributed by atoms with van der Waals surface area (Å²) in [6, 6.07) is 3.28. The van der Waals surface area contributed by atoms with Gasteiger partial charge < -0.3 is 10.4 Å². The molecule has 8 nitrogen and oxygen atoms in total. The lowest BCUT2D eigenvalue weighted by Crippen LogP contribution is -2.61. The van der Waals surface area contributed by atoms with Crippen LogP contribution in [0.2, 0.25) is 0 Å². The van der Waals surface area contributed by atoms with Crippen molar-refractivity contribution < 1.29 is 14.8 Å². The Bertz CT molecular complexity index is 741. The van der Waals surface area contributed by atoms with Gasteiger partial charge in [0, 0.05) is 23.2 Å². The van der Waals surface area contributed by atoms with Crippen LogP contribution >= 0.6 is 0 Å². The van der Waals surface area contributed by atoms with E-state index in [0.717, 1.165) is 37.0 Å². The Morgan fingerprint density at radius 3 is 2.42 bits per heavy atom. The summed E-state index contributed by atoms with van der Waals surface area (Å²) in [7, 11) is 0. The molecule has 0 radical (unpaired) electrons. The van der Waals surface area contributed by atoms with Crippen LogP contribution < -0.4 is 10.7 Å². The molecule has 2 amide bonds. The lowest BCUT2D eigenvalue weighted by atomic mass is 9.53. The molecular weight excluding hydrogens is 336 g/mol. The molecule has 4 bridgehead atoms. The summed E-state index contributed by atoms with van der Waals surface area (Å²) in [5.74, 6) is 2.05. The number of urea groups is 1. The first-order valence-electron chi connectivity index (χ1n) is 9.01. The minimum Gasteiger partial charge on any atom is -0.507 e. The quantitative estimate of drug-likeness (QED) is 0.436. The fraction of sp³-hybridized carbons (Fsp3) is 0.556. The molecule has 26 heavy (non-hydrogen) atoms. The molecule has 138 valence electrons. The van der Waals surface area contributed by atoms with Crippen molar-refractivity contribution in [3.05, 3.63) is 33.9 Å². The maximum Gasteiger partial charge on any atom is 0.335 e. The lowest BCUT2D eigenvalue weighted by Gasteiger charge is -2.56. The van der Waals surface area contributed by atoms with E-state index in [1.807, 2.05) is 0 Å². The maximum absolute atomic E-state index is 12.3. The number of carbonyl (C=O) groups is 1. The highest BCUT2D eigenvalue weighted by Gasteiger charge is 2.51. The molecule has 0 spiro atoms. The van der Waals surface area contributed by atoms with Crippen molar-refractivity contribution in [1.29, 1.82) is 0 Å². The number of non-ortho nitro benzene ring substituents is 1. The number of hydrogen-bond acceptors (Lipinski definition) is 5. The number of nitro benzene ring substituents is 1. The van der Waals surface area contributed by atoms with Crippen LogP contribution in [0.5, 0.6) is 5.75 Å². The maximum atomic E-state index is 12.3. The van der Waals surface area contributed by atoms with E-state index in [0.29, 0.717) is 0 Å². The predicted molar refractivity (Wildman–Crippen MR) is 94.9 cm³/mol. The van der Waals surface area contributed by atoms with Gasteiger partial charge in [0.2, 0.25) is 0 Å². The number of nitrogens with one attached hydrogen (secondary N) is 2. The number of phenols is 1. The van der Waals surface area contributed by atoms with E-state index < -0.39 is 4.92 Å². The summed E-state index contributed by atoms with van der Waals surface area (Å²) in [6.45, 7) is 0. The van der Waals surface area contributed by atoms with Crippen molar-refractivity contribution in [2.45, 2.75) is 44.1 Å². The number of aromatic hydroxyl groups is 1. The normalized spacial score (nSPS) is 31.9. The number of nitrogens with zero attached hydrogens (tertiary/aromatic N) is 2. The van der Waals surface area contributed by atoms with Gasteiger partial charge in [-0.05, 0) is 62.3 Å². The van der Waals surface area contributed by atoms with E-state index in [1.165, 1.54) is 43.7 Å². The number of benzene rings is 1. The summed E-state index contributed by atoms with van der Waals surface area (Å²) >= 11 is 0. The molecule has 0 saturated heterocycles. The summed E-state index contributed by atoms with van der Waals surface area (Å²) < 4.78 is 0. The fourth-order valence-electron chi connectivity index (χ4n) is 5.45. The van der Waals surface area contributed by atoms with E-state index in [4.69, 9.17) is 0 Å². The molecule has 0 heterocycles. The number of hydrazone groups is 1. The van der Waals surface area contributed by atoms with E-state index in [-0.39, 0.29) is 28.6 Å². The Labute approximate surface area is 150 Å². The van der Waals surface area contributed by atoms with Crippen LogP contribution in [-0.4, -0.2) is 27.8 Å². The van der Waals surface area contributed by atoms with Gasteiger partial charge in [-0.15, -0.1) is 0 Å². The van der Waals surface area contributed by atoms with Crippen molar-refractivity contribution in [2.24, 2.45) is 22.9 Å². The smallest absolute Gasteiger partial charge is 0.335 e. The molecule has 8 heteroatoms. The van der Waals surface area contributed by atoms with Gasteiger partial charge in [0.1, 0.15) is 5.75 Å². The highest BCUT2D eigenvalue weighted by Crippen LogP contribution is 2.55. The predicted octanol–water partition coefficient (Wildman–Crippen LogP) is 2.90. The zero-order valence-electron chi connectivity index (χ0n) is 14.4. The van der Waals surface area contributed by atoms with Gasteiger partial charge in [-0.2, -0.15) is 5.10 Å². The Balaban J connectivity index is 1.38. The summed E-state index contributed by atoms with van der Waals surface area (Å²) in [5, 5.41) is 27.5. The molecule has 0 unspecified atom stereocenters. The Morgan fingerprint density at radius 2 is 1.85 bits per heavy atom. The Kier molecular flexibility index (Phi) is 4.05. The number of rotatable bonds is 4. The molecule has 4 aliphatic rings. The van der Waals surface area contributed by atoms with Gasteiger partial charge in [0.15, 0.2) is 0 Å². The van der Waals surface area contributed by atoms with E-state index in [1.54, 1.807) is 0 Å². The van der Waals surface area contributed by atoms with Crippen molar-refractivity contribution >= 4 is 17.9 Å². The molecule has 4 aliphatic carbocycles. The molecule has 5 rings (SSSR count). The van der Waals surface area contributed by atoms with Gasteiger partial charge >= 0.3 is 6.03 Å². The molecule has 0 aliphatic heterocycles. The molecule has 1 aromatic rings. The second kappa shape index (κ2) is 6.26. The first-order chi connectivity index (χ1) is 12.4. The Morgan fingerprint density at radius 1 is 1.23 bits per heavy atom. The highest BCUT2D eigenvalue weighted by molar-refractivity contribution is 5.85. The van der Waals surface area contributed by atoms with E-state index >= 15 is 0 Å². The fourth-order valence-corrected chi connectivity index (χ4v) is 5.45. The minimum atomic E-state index is -0.552. The van der Waals surface area contributed by atoms with E-state index in [2.05, 4.69) is 15.8 Å². The topological polar surface area (TPSA) is 117 Å².